The number of hydrogen-bond donors (Lipinski definition) is 1. The van der Waals surface area contributed by atoms with Crippen molar-refractivity contribution in [2.45, 2.75) is 19.4 Å². The number of ether oxygens (including phenoxy) is 4. The van der Waals surface area contributed by atoms with E-state index in [1.807, 2.05) is 18.2 Å². The SMILES string of the molecule is COCCNCc1ccc(OC)c(OCOCC2CC2)c1. The Morgan fingerprint density at radius 1 is 1.19 bits per heavy atom. The Bertz CT molecular complexity index is 421. The molecule has 1 fully saturated rings. The standard InChI is InChI=1S/C16H25NO4/c1-18-8-7-17-10-14-5-6-15(19-2)16(9-14)21-12-20-11-13-3-4-13/h5-6,9,13,17H,3-4,7-8,10-12H2,1-2H3. The van der Waals surface area contributed by atoms with Crippen molar-refractivity contribution in [1.82, 2.24) is 5.32 Å². The van der Waals surface area contributed by atoms with Crippen molar-refractivity contribution < 1.29 is 18.9 Å². The fourth-order valence-electron chi connectivity index (χ4n) is 1.96. The Kier molecular flexibility index (Phi) is 6.79. The van der Waals surface area contributed by atoms with Gasteiger partial charge in [-0.05, 0) is 36.5 Å². The summed E-state index contributed by atoms with van der Waals surface area (Å²) in [6.07, 6.45) is 2.57. The van der Waals surface area contributed by atoms with E-state index in [9.17, 15) is 0 Å². The summed E-state index contributed by atoms with van der Waals surface area (Å²) in [7, 11) is 3.34. The number of nitrogens with one attached hydrogen (secondary N) is 1. The predicted octanol–water partition coefficient (Wildman–Crippen LogP) is 2.19. The second-order valence-electron chi connectivity index (χ2n) is 5.23. The zero-order valence-electron chi connectivity index (χ0n) is 12.9. The quantitative estimate of drug-likeness (QED) is 0.501. The van der Waals surface area contributed by atoms with Gasteiger partial charge in [0, 0.05) is 20.2 Å². The van der Waals surface area contributed by atoms with Crippen molar-refractivity contribution in [3.05, 3.63) is 23.8 Å². The maximum Gasteiger partial charge on any atom is 0.189 e. The predicted molar refractivity (Wildman–Crippen MR) is 80.7 cm³/mol. The van der Waals surface area contributed by atoms with Crippen molar-refractivity contribution in [2.75, 3.05) is 40.8 Å². The average Bonchev–Trinajstić information content (AvgIpc) is 3.32. The molecule has 0 atom stereocenters. The number of methoxy groups -OCH3 is 2. The lowest BCUT2D eigenvalue weighted by Gasteiger charge is -2.13. The van der Waals surface area contributed by atoms with E-state index >= 15 is 0 Å². The van der Waals surface area contributed by atoms with Crippen LogP contribution >= 0.6 is 0 Å². The van der Waals surface area contributed by atoms with Crippen LogP contribution in [0.2, 0.25) is 0 Å². The number of hydrogen-bond acceptors (Lipinski definition) is 5. The van der Waals surface area contributed by atoms with Crippen molar-refractivity contribution in [3.8, 4) is 11.5 Å². The first-order valence-corrected chi connectivity index (χ1v) is 7.40. The van der Waals surface area contributed by atoms with Gasteiger partial charge in [0.25, 0.3) is 0 Å². The highest BCUT2D eigenvalue weighted by Gasteiger charge is 2.21. The van der Waals surface area contributed by atoms with Crippen LogP contribution in [0, 0.1) is 5.92 Å². The molecule has 0 amide bonds. The molecule has 0 saturated heterocycles. The highest BCUT2D eigenvalue weighted by atomic mass is 16.7. The fourth-order valence-corrected chi connectivity index (χ4v) is 1.96. The van der Waals surface area contributed by atoms with Gasteiger partial charge in [-0.25, -0.2) is 0 Å². The Labute approximate surface area is 126 Å². The van der Waals surface area contributed by atoms with E-state index in [1.54, 1.807) is 14.2 Å². The van der Waals surface area contributed by atoms with Crippen molar-refractivity contribution in [1.29, 1.82) is 0 Å². The molecule has 0 aliphatic heterocycles. The van der Waals surface area contributed by atoms with Crippen LogP contribution in [0.1, 0.15) is 18.4 Å². The Hall–Kier alpha value is -1.30. The summed E-state index contributed by atoms with van der Waals surface area (Å²) in [4.78, 5) is 0. The molecule has 1 aromatic rings. The minimum Gasteiger partial charge on any atom is -0.493 e. The molecule has 1 aliphatic carbocycles. The van der Waals surface area contributed by atoms with Crippen molar-refractivity contribution in [2.24, 2.45) is 5.92 Å². The van der Waals surface area contributed by atoms with Crippen LogP contribution in [-0.2, 0) is 16.0 Å². The van der Waals surface area contributed by atoms with Gasteiger partial charge in [0.15, 0.2) is 18.3 Å². The zero-order valence-corrected chi connectivity index (χ0v) is 12.9. The largest absolute Gasteiger partial charge is 0.493 e. The lowest BCUT2D eigenvalue weighted by molar-refractivity contribution is 0.00862. The van der Waals surface area contributed by atoms with Gasteiger partial charge in [-0.2, -0.15) is 0 Å². The molecule has 1 aromatic carbocycles. The van der Waals surface area contributed by atoms with Crippen LogP contribution < -0.4 is 14.8 Å². The molecule has 0 spiro atoms. The molecule has 1 saturated carbocycles. The molecule has 0 aromatic heterocycles. The maximum atomic E-state index is 5.67. The van der Waals surface area contributed by atoms with E-state index in [-0.39, 0.29) is 6.79 Å². The summed E-state index contributed by atoms with van der Waals surface area (Å²) >= 11 is 0. The minimum absolute atomic E-state index is 0.271. The van der Waals surface area contributed by atoms with E-state index in [4.69, 9.17) is 18.9 Å². The third-order valence-electron chi connectivity index (χ3n) is 3.39. The molecule has 5 heteroatoms. The van der Waals surface area contributed by atoms with Gasteiger partial charge >= 0.3 is 0 Å². The lowest BCUT2D eigenvalue weighted by Crippen LogP contribution is -2.18. The Balaban J connectivity index is 1.80. The van der Waals surface area contributed by atoms with Gasteiger partial charge in [-0.1, -0.05) is 6.07 Å². The van der Waals surface area contributed by atoms with Gasteiger partial charge in [-0.15, -0.1) is 0 Å². The summed E-state index contributed by atoms with van der Waals surface area (Å²) in [6.45, 7) is 3.36. The monoisotopic (exact) mass is 295 g/mol. The summed E-state index contributed by atoms with van der Waals surface area (Å²) < 4.78 is 21.5. The topological polar surface area (TPSA) is 49.0 Å². The second kappa shape index (κ2) is 8.87. The van der Waals surface area contributed by atoms with Gasteiger partial charge in [0.05, 0.1) is 20.3 Å². The summed E-state index contributed by atoms with van der Waals surface area (Å²) in [6, 6.07) is 5.93. The molecule has 21 heavy (non-hydrogen) atoms. The van der Waals surface area contributed by atoms with E-state index in [0.29, 0.717) is 6.61 Å². The lowest BCUT2D eigenvalue weighted by atomic mass is 10.2. The maximum absolute atomic E-state index is 5.67. The first kappa shape index (κ1) is 16.1. The first-order chi connectivity index (χ1) is 10.3. The minimum atomic E-state index is 0.271. The molecule has 0 radical (unpaired) electrons. The van der Waals surface area contributed by atoms with Crippen LogP contribution in [0.3, 0.4) is 0 Å². The normalized spacial score (nSPS) is 14.2. The third-order valence-corrected chi connectivity index (χ3v) is 3.39. The molecule has 118 valence electrons. The number of rotatable bonds is 11. The van der Waals surface area contributed by atoms with Gasteiger partial charge < -0.3 is 24.3 Å². The highest BCUT2D eigenvalue weighted by molar-refractivity contribution is 5.42. The molecular weight excluding hydrogens is 270 g/mol. The molecule has 0 heterocycles. The average molecular weight is 295 g/mol. The van der Waals surface area contributed by atoms with Crippen LogP contribution in [0.15, 0.2) is 18.2 Å². The smallest absolute Gasteiger partial charge is 0.189 e. The molecule has 0 bridgehead atoms. The molecule has 1 aliphatic rings. The second-order valence-corrected chi connectivity index (χ2v) is 5.23. The van der Waals surface area contributed by atoms with E-state index in [0.717, 1.165) is 42.7 Å². The summed E-state index contributed by atoms with van der Waals surface area (Å²) in [5.74, 6) is 2.19. The van der Waals surface area contributed by atoms with Crippen LogP contribution in [0.5, 0.6) is 11.5 Å². The van der Waals surface area contributed by atoms with E-state index in [1.165, 1.54) is 12.8 Å². The van der Waals surface area contributed by atoms with Crippen LogP contribution in [0.25, 0.3) is 0 Å². The van der Waals surface area contributed by atoms with E-state index in [2.05, 4.69) is 5.32 Å². The molecule has 1 N–H and O–H groups in total. The van der Waals surface area contributed by atoms with Crippen molar-refractivity contribution in [3.63, 3.8) is 0 Å². The van der Waals surface area contributed by atoms with Gasteiger partial charge in [0.1, 0.15) is 0 Å². The van der Waals surface area contributed by atoms with Gasteiger partial charge in [0.2, 0.25) is 0 Å². The van der Waals surface area contributed by atoms with Crippen molar-refractivity contribution >= 4 is 0 Å². The van der Waals surface area contributed by atoms with Crippen LogP contribution in [-0.4, -0.2) is 40.8 Å². The Morgan fingerprint density at radius 2 is 2.05 bits per heavy atom. The molecule has 0 unspecified atom stereocenters. The first-order valence-electron chi connectivity index (χ1n) is 7.40. The number of benzene rings is 1. The highest BCUT2D eigenvalue weighted by Crippen LogP contribution is 2.30. The van der Waals surface area contributed by atoms with E-state index < -0.39 is 0 Å². The van der Waals surface area contributed by atoms with Gasteiger partial charge in [-0.3, -0.25) is 0 Å². The molecular formula is C16H25NO4. The summed E-state index contributed by atoms with van der Waals surface area (Å²) in [5, 5.41) is 3.31. The third kappa shape index (κ3) is 5.91. The fraction of sp³-hybridized carbons (Fsp3) is 0.625. The molecule has 5 nitrogen and oxygen atoms in total. The Morgan fingerprint density at radius 3 is 2.76 bits per heavy atom. The molecule has 2 rings (SSSR count). The summed E-state index contributed by atoms with van der Waals surface area (Å²) in [5.41, 5.74) is 1.14. The van der Waals surface area contributed by atoms with Crippen LogP contribution in [0.4, 0.5) is 0 Å². The zero-order chi connectivity index (χ0) is 14.9.